The van der Waals surface area contributed by atoms with Gasteiger partial charge in [0.05, 0.1) is 0 Å². The third-order valence-corrected chi connectivity index (χ3v) is 3.94. The third-order valence-electron chi connectivity index (χ3n) is 3.94. The Morgan fingerprint density at radius 3 is 1.78 bits per heavy atom. The van der Waals surface area contributed by atoms with Crippen molar-refractivity contribution in [3.8, 4) is 0 Å². The van der Waals surface area contributed by atoms with Crippen LogP contribution >= 0.6 is 0 Å². The summed E-state index contributed by atoms with van der Waals surface area (Å²) in [4.78, 5) is 61.0. The molecule has 0 aliphatic carbocycles. The molecule has 1 rings (SSSR count). The van der Waals surface area contributed by atoms with Gasteiger partial charge in [0.2, 0.25) is 6.10 Å². The molecule has 0 saturated carbocycles. The van der Waals surface area contributed by atoms with Gasteiger partial charge < -0.3 is 29.2 Å². The van der Waals surface area contributed by atoms with Gasteiger partial charge in [-0.15, -0.1) is 0 Å². The number of rotatable bonds is 10. The van der Waals surface area contributed by atoms with Crippen molar-refractivity contribution in [1.29, 1.82) is 0 Å². The Balaban J connectivity index is 3.26. The number of amides is 1. The quantitative estimate of drug-likeness (QED) is 0.405. The molecule has 176 valence electrons. The molecule has 0 bridgehead atoms. The minimum absolute atomic E-state index is 0.378. The van der Waals surface area contributed by atoms with Crippen LogP contribution in [0.4, 0.5) is 11.4 Å². The number of benzene rings is 1. The maximum Gasteiger partial charge on any atom is 0.303 e. The van der Waals surface area contributed by atoms with Crippen molar-refractivity contribution in [3.05, 3.63) is 24.3 Å². The molecule has 0 spiro atoms. The van der Waals surface area contributed by atoms with Crippen molar-refractivity contribution in [2.45, 2.75) is 46.0 Å². The molecule has 1 aromatic rings. The second kappa shape index (κ2) is 12.3. The van der Waals surface area contributed by atoms with E-state index in [1.54, 1.807) is 24.3 Å². The standard InChI is InChI=1S/C21H28N2O9/c1-12(24)29-11-18(30-13(2)25)19(31-14(3)26)20(32-15(4)27)21(28)22-16-7-9-17(10-8-16)23(5)6/h7-10,18-20H,11H2,1-6H3,(H,22,28)/t18-,19-,20-/m0/s1. The Morgan fingerprint density at radius 2 is 1.34 bits per heavy atom. The first-order chi connectivity index (χ1) is 14.9. The number of ether oxygens (including phenoxy) is 4. The lowest BCUT2D eigenvalue weighted by atomic mass is 10.1. The molecule has 0 aliphatic rings. The lowest BCUT2D eigenvalue weighted by molar-refractivity contribution is -0.190. The molecule has 0 unspecified atom stereocenters. The van der Waals surface area contributed by atoms with E-state index in [-0.39, 0.29) is 0 Å². The van der Waals surface area contributed by atoms with Crippen LogP contribution < -0.4 is 10.2 Å². The number of esters is 4. The summed E-state index contributed by atoms with van der Waals surface area (Å²) in [6.07, 6.45) is -4.70. The lowest BCUT2D eigenvalue weighted by Crippen LogP contribution is -2.52. The van der Waals surface area contributed by atoms with Crippen LogP contribution in [0.5, 0.6) is 0 Å². The van der Waals surface area contributed by atoms with Crippen LogP contribution in [-0.4, -0.2) is 68.8 Å². The van der Waals surface area contributed by atoms with Crippen LogP contribution in [0.15, 0.2) is 24.3 Å². The van der Waals surface area contributed by atoms with Gasteiger partial charge >= 0.3 is 23.9 Å². The molecule has 0 fully saturated rings. The van der Waals surface area contributed by atoms with Gasteiger partial charge in [0.15, 0.2) is 12.2 Å². The van der Waals surface area contributed by atoms with Crippen LogP contribution in [0.3, 0.4) is 0 Å². The van der Waals surface area contributed by atoms with E-state index < -0.39 is 54.7 Å². The van der Waals surface area contributed by atoms with Gasteiger partial charge in [0, 0.05) is 53.2 Å². The zero-order valence-electron chi connectivity index (χ0n) is 18.9. The molecule has 1 aromatic carbocycles. The van der Waals surface area contributed by atoms with Crippen LogP contribution in [0.2, 0.25) is 0 Å². The van der Waals surface area contributed by atoms with Crippen molar-refractivity contribution >= 4 is 41.2 Å². The molecule has 0 radical (unpaired) electrons. The number of carbonyl (C=O) groups is 5. The summed E-state index contributed by atoms with van der Waals surface area (Å²) >= 11 is 0. The lowest BCUT2D eigenvalue weighted by Gasteiger charge is -2.30. The second-order valence-corrected chi connectivity index (χ2v) is 6.99. The zero-order chi connectivity index (χ0) is 24.4. The molecule has 11 nitrogen and oxygen atoms in total. The smallest absolute Gasteiger partial charge is 0.303 e. The average molecular weight is 452 g/mol. The first-order valence-electron chi connectivity index (χ1n) is 9.64. The maximum atomic E-state index is 13.0. The Morgan fingerprint density at radius 1 is 0.812 bits per heavy atom. The highest BCUT2D eigenvalue weighted by Crippen LogP contribution is 2.19. The van der Waals surface area contributed by atoms with Gasteiger partial charge in [-0.25, -0.2) is 0 Å². The van der Waals surface area contributed by atoms with E-state index in [0.717, 1.165) is 33.4 Å². The number of hydrogen-bond acceptors (Lipinski definition) is 10. The minimum atomic E-state index is -1.70. The maximum absolute atomic E-state index is 13.0. The normalized spacial score (nSPS) is 13.1. The number of nitrogens with zero attached hydrogens (tertiary/aromatic N) is 1. The van der Waals surface area contributed by atoms with Crippen molar-refractivity contribution in [2.75, 3.05) is 30.9 Å². The average Bonchev–Trinajstić information content (AvgIpc) is 2.67. The minimum Gasteiger partial charge on any atom is -0.462 e. The molecule has 0 heterocycles. The number of anilines is 2. The number of hydrogen-bond donors (Lipinski definition) is 1. The molecule has 1 N–H and O–H groups in total. The predicted octanol–water partition coefficient (Wildman–Crippen LogP) is 1.05. The summed E-state index contributed by atoms with van der Waals surface area (Å²) in [5.74, 6) is -4.02. The van der Waals surface area contributed by atoms with Crippen molar-refractivity contribution in [3.63, 3.8) is 0 Å². The van der Waals surface area contributed by atoms with E-state index in [2.05, 4.69) is 5.32 Å². The van der Waals surface area contributed by atoms with Crippen LogP contribution in [0.25, 0.3) is 0 Å². The summed E-state index contributed by atoms with van der Waals surface area (Å²) in [5.41, 5.74) is 1.26. The first-order valence-corrected chi connectivity index (χ1v) is 9.64. The van der Waals surface area contributed by atoms with E-state index in [1.165, 1.54) is 0 Å². The second-order valence-electron chi connectivity index (χ2n) is 6.99. The highest BCUT2D eigenvalue weighted by atomic mass is 16.6. The van der Waals surface area contributed by atoms with Gasteiger partial charge in [-0.1, -0.05) is 0 Å². The molecular formula is C21H28N2O9. The van der Waals surface area contributed by atoms with Gasteiger partial charge in [-0.3, -0.25) is 24.0 Å². The molecular weight excluding hydrogens is 424 g/mol. The Kier molecular flexibility index (Phi) is 10.1. The van der Waals surface area contributed by atoms with Crippen molar-refractivity contribution in [2.24, 2.45) is 0 Å². The fourth-order valence-electron chi connectivity index (χ4n) is 2.64. The van der Waals surface area contributed by atoms with E-state index >= 15 is 0 Å². The molecule has 0 saturated heterocycles. The van der Waals surface area contributed by atoms with Crippen molar-refractivity contribution < 1.29 is 42.9 Å². The van der Waals surface area contributed by atoms with Gasteiger partial charge in [0.1, 0.15) is 6.61 Å². The summed E-state index contributed by atoms with van der Waals surface area (Å²) in [5, 5.41) is 2.57. The van der Waals surface area contributed by atoms with Crippen LogP contribution in [0.1, 0.15) is 27.7 Å². The van der Waals surface area contributed by atoms with E-state index in [9.17, 15) is 24.0 Å². The summed E-state index contributed by atoms with van der Waals surface area (Å²) in [6, 6.07) is 6.76. The van der Waals surface area contributed by atoms with Crippen LogP contribution in [-0.2, 0) is 42.9 Å². The summed E-state index contributed by atoms with van der Waals surface area (Å²) in [7, 11) is 3.71. The largest absolute Gasteiger partial charge is 0.462 e. The van der Waals surface area contributed by atoms with Gasteiger partial charge in [-0.05, 0) is 24.3 Å². The molecule has 0 aromatic heterocycles. The predicted molar refractivity (Wildman–Crippen MR) is 113 cm³/mol. The molecule has 0 aliphatic heterocycles. The molecule has 11 heteroatoms. The van der Waals surface area contributed by atoms with Crippen LogP contribution in [0, 0.1) is 0 Å². The van der Waals surface area contributed by atoms with E-state index in [1.807, 2.05) is 19.0 Å². The monoisotopic (exact) mass is 452 g/mol. The van der Waals surface area contributed by atoms with Crippen molar-refractivity contribution in [1.82, 2.24) is 0 Å². The Bertz CT molecular complexity index is 836. The summed E-state index contributed by atoms with van der Waals surface area (Å²) in [6.45, 7) is 3.80. The third kappa shape index (κ3) is 9.02. The number of carbonyl (C=O) groups excluding carboxylic acids is 5. The highest BCUT2D eigenvalue weighted by molar-refractivity contribution is 5.96. The Hall–Kier alpha value is -3.63. The molecule has 32 heavy (non-hydrogen) atoms. The fourth-order valence-corrected chi connectivity index (χ4v) is 2.64. The fraction of sp³-hybridized carbons (Fsp3) is 0.476. The topological polar surface area (TPSA) is 138 Å². The van der Waals surface area contributed by atoms with Gasteiger partial charge in [0.25, 0.3) is 5.91 Å². The van der Waals surface area contributed by atoms with E-state index in [4.69, 9.17) is 18.9 Å². The van der Waals surface area contributed by atoms with Gasteiger partial charge in [-0.2, -0.15) is 0 Å². The Labute approximate surface area is 185 Å². The summed E-state index contributed by atoms with van der Waals surface area (Å²) < 4.78 is 20.2. The molecule has 3 atom stereocenters. The first kappa shape index (κ1) is 26.4. The molecule has 1 amide bonds. The number of nitrogens with one attached hydrogen (secondary N) is 1. The highest BCUT2D eigenvalue weighted by Gasteiger charge is 2.42. The zero-order valence-corrected chi connectivity index (χ0v) is 18.9. The van der Waals surface area contributed by atoms with E-state index in [0.29, 0.717) is 5.69 Å². The SMILES string of the molecule is CC(=O)OC[C@H](OC(C)=O)[C@H](OC(C)=O)[C@H](OC(C)=O)C(=O)Nc1ccc(N(C)C)cc1.